The summed E-state index contributed by atoms with van der Waals surface area (Å²) in [6.07, 6.45) is 1.43. The number of alkyl halides is 1. The first-order chi connectivity index (χ1) is 15.6. The Morgan fingerprint density at radius 3 is 2.22 bits per heavy atom. The normalized spacial score (nSPS) is 23.1. The zero-order valence-electron chi connectivity index (χ0n) is 18.1. The van der Waals surface area contributed by atoms with Crippen LogP contribution in [0.3, 0.4) is 0 Å². The van der Waals surface area contributed by atoms with E-state index in [0.29, 0.717) is 18.4 Å². The molecule has 0 saturated carbocycles. The van der Waals surface area contributed by atoms with Gasteiger partial charge in [-0.3, -0.25) is 0 Å². The van der Waals surface area contributed by atoms with Gasteiger partial charge in [0, 0.05) is 10.7 Å². The second kappa shape index (κ2) is 8.47. The second-order valence-electron chi connectivity index (χ2n) is 9.09. The van der Waals surface area contributed by atoms with Crippen LogP contribution in [0.25, 0.3) is 27.1 Å². The number of aliphatic hydroxyl groups excluding tert-OH is 1. The molecule has 4 aromatic carbocycles. The third-order valence-electron chi connectivity index (χ3n) is 6.91. The third-order valence-corrected chi connectivity index (χ3v) is 7.81. The number of aliphatic hydroxyl groups is 1. The lowest BCUT2D eigenvalue weighted by atomic mass is 9.74. The highest BCUT2D eigenvalue weighted by Crippen LogP contribution is 2.51. The first kappa shape index (κ1) is 21.4. The van der Waals surface area contributed by atoms with E-state index in [2.05, 4.69) is 107 Å². The predicted molar refractivity (Wildman–Crippen MR) is 137 cm³/mol. The summed E-state index contributed by atoms with van der Waals surface area (Å²) in [6, 6.07) is 29.6. The van der Waals surface area contributed by atoms with Crippen molar-refractivity contribution in [1.29, 1.82) is 0 Å². The van der Waals surface area contributed by atoms with Crippen LogP contribution in [0.15, 0.2) is 91.5 Å². The van der Waals surface area contributed by atoms with E-state index in [-0.39, 0.29) is 12.0 Å². The first-order valence-corrected chi connectivity index (χ1v) is 12.2. The number of hydrogen-bond acceptors (Lipinski definition) is 2. The number of fused-ring (bicyclic) bond motifs is 2. The number of allylic oxidation sites excluding steroid dienone is 1. The summed E-state index contributed by atoms with van der Waals surface area (Å²) in [5.41, 5.74) is 2.51. The molecule has 0 aromatic heterocycles. The Morgan fingerprint density at radius 2 is 1.50 bits per heavy atom. The summed E-state index contributed by atoms with van der Waals surface area (Å²) in [4.78, 5) is 0. The maximum absolute atomic E-state index is 10.6. The van der Waals surface area contributed by atoms with Crippen LogP contribution >= 0.6 is 15.9 Å². The lowest BCUT2D eigenvalue weighted by Crippen LogP contribution is -2.31. The van der Waals surface area contributed by atoms with E-state index in [1.807, 2.05) is 0 Å². The molecule has 1 aliphatic heterocycles. The van der Waals surface area contributed by atoms with Crippen molar-refractivity contribution < 1.29 is 9.84 Å². The van der Waals surface area contributed by atoms with E-state index in [1.165, 1.54) is 27.1 Å². The molecular weight excluding hydrogens is 460 g/mol. The standard InChI is InChI=1S/C29H27BrO2/c1-21(24-14-6-10-22-8-2-4-12-25(22)24)16-28(19-31)17-29(18-30,32-20-28)27-15-7-11-23-9-3-5-13-26(23)27/h2-15,31H,1,16-20H2/t28-,29+/m1/s1. The molecule has 3 heteroatoms. The molecule has 1 aliphatic rings. The Labute approximate surface area is 197 Å². The largest absolute Gasteiger partial charge is 0.396 e. The molecule has 0 radical (unpaired) electrons. The topological polar surface area (TPSA) is 29.5 Å². The second-order valence-corrected chi connectivity index (χ2v) is 9.65. The van der Waals surface area contributed by atoms with Crippen molar-refractivity contribution in [3.05, 3.63) is 103 Å². The molecule has 1 heterocycles. The Kier molecular flexibility index (Phi) is 5.66. The van der Waals surface area contributed by atoms with Crippen molar-refractivity contribution >= 4 is 43.0 Å². The van der Waals surface area contributed by atoms with Crippen LogP contribution in [0.2, 0.25) is 0 Å². The molecule has 1 fully saturated rings. The van der Waals surface area contributed by atoms with Crippen molar-refractivity contribution in [2.45, 2.75) is 18.4 Å². The summed E-state index contributed by atoms with van der Waals surface area (Å²) in [7, 11) is 0. The molecular formula is C29H27BrO2. The summed E-state index contributed by atoms with van der Waals surface area (Å²) >= 11 is 3.75. The van der Waals surface area contributed by atoms with Gasteiger partial charge in [0.05, 0.1) is 13.2 Å². The lowest BCUT2D eigenvalue weighted by Gasteiger charge is -2.31. The van der Waals surface area contributed by atoms with Gasteiger partial charge in [-0.2, -0.15) is 0 Å². The zero-order chi connectivity index (χ0) is 22.2. The molecule has 32 heavy (non-hydrogen) atoms. The number of benzene rings is 4. The van der Waals surface area contributed by atoms with E-state index in [9.17, 15) is 5.11 Å². The van der Waals surface area contributed by atoms with Crippen molar-refractivity contribution in [3.63, 3.8) is 0 Å². The van der Waals surface area contributed by atoms with E-state index >= 15 is 0 Å². The van der Waals surface area contributed by atoms with Gasteiger partial charge in [0.2, 0.25) is 0 Å². The van der Waals surface area contributed by atoms with Crippen LogP contribution in [-0.2, 0) is 10.3 Å². The molecule has 162 valence electrons. The number of halogens is 1. The fourth-order valence-electron chi connectivity index (χ4n) is 5.31. The van der Waals surface area contributed by atoms with Crippen LogP contribution in [0.4, 0.5) is 0 Å². The molecule has 1 N–H and O–H groups in total. The zero-order valence-corrected chi connectivity index (χ0v) is 19.6. The smallest absolute Gasteiger partial charge is 0.104 e. The molecule has 1 saturated heterocycles. The van der Waals surface area contributed by atoms with E-state index < -0.39 is 5.60 Å². The lowest BCUT2D eigenvalue weighted by molar-refractivity contribution is 0.0157. The minimum atomic E-state index is -0.484. The summed E-state index contributed by atoms with van der Waals surface area (Å²) in [6.45, 7) is 5.02. The van der Waals surface area contributed by atoms with Crippen LogP contribution in [-0.4, -0.2) is 23.7 Å². The first-order valence-electron chi connectivity index (χ1n) is 11.0. The average molecular weight is 487 g/mol. The van der Waals surface area contributed by atoms with E-state index in [4.69, 9.17) is 4.74 Å². The quantitative estimate of drug-likeness (QED) is 0.295. The Bertz CT molecular complexity index is 1290. The van der Waals surface area contributed by atoms with Gasteiger partial charge in [-0.15, -0.1) is 0 Å². The van der Waals surface area contributed by atoms with Crippen molar-refractivity contribution in [2.24, 2.45) is 5.41 Å². The van der Waals surface area contributed by atoms with E-state index in [1.54, 1.807) is 0 Å². The van der Waals surface area contributed by atoms with Gasteiger partial charge in [0.1, 0.15) is 5.60 Å². The highest BCUT2D eigenvalue weighted by atomic mass is 79.9. The Hall–Kier alpha value is -2.46. The molecule has 0 amide bonds. The fourth-order valence-corrected chi connectivity index (χ4v) is 5.97. The van der Waals surface area contributed by atoms with Crippen LogP contribution in [0, 0.1) is 5.41 Å². The molecule has 0 aliphatic carbocycles. The Balaban J connectivity index is 1.50. The maximum atomic E-state index is 10.6. The summed E-state index contributed by atoms with van der Waals surface area (Å²) in [5, 5.41) is 16.1. The van der Waals surface area contributed by atoms with Crippen LogP contribution < -0.4 is 0 Å². The third kappa shape index (κ3) is 3.59. The molecule has 0 bridgehead atoms. The maximum Gasteiger partial charge on any atom is 0.104 e. The molecule has 2 nitrogen and oxygen atoms in total. The van der Waals surface area contributed by atoms with Gasteiger partial charge in [0.25, 0.3) is 0 Å². The fraction of sp³-hybridized carbons (Fsp3) is 0.241. The van der Waals surface area contributed by atoms with Crippen molar-refractivity contribution in [3.8, 4) is 0 Å². The van der Waals surface area contributed by atoms with Crippen LogP contribution in [0.1, 0.15) is 24.0 Å². The number of rotatable bonds is 6. The van der Waals surface area contributed by atoms with Gasteiger partial charge in [0.15, 0.2) is 0 Å². The van der Waals surface area contributed by atoms with Gasteiger partial charge < -0.3 is 9.84 Å². The molecule has 4 aromatic rings. The van der Waals surface area contributed by atoms with Crippen LogP contribution in [0.5, 0.6) is 0 Å². The Morgan fingerprint density at radius 1 is 0.875 bits per heavy atom. The minimum Gasteiger partial charge on any atom is -0.396 e. The van der Waals surface area contributed by atoms with Gasteiger partial charge in [-0.05, 0) is 51.1 Å². The van der Waals surface area contributed by atoms with Crippen molar-refractivity contribution in [2.75, 3.05) is 18.5 Å². The highest BCUT2D eigenvalue weighted by Gasteiger charge is 2.50. The summed E-state index contributed by atoms with van der Waals surface area (Å²) < 4.78 is 6.57. The molecule has 2 atom stereocenters. The predicted octanol–water partition coefficient (Wildman–Crippen LogP) is 7.09. The van der Waals surface area contributed by atoms with E-state index in [0.717, 1.165) is 17.6 Å². The van der Waals surface area contributed by atoms with Crippen molar-refractivity contribution in [1.82, 2.24) is 0 Å². The monoisotopic (exact) mass is 486 g/mol. The molecule has 0 spiro atoms. The molecule has 5 rings (SSSR count). The number of ether oxygens (including phenoxy) is 1. The average Bonchev–Trinajstić information content (AvgIpc) is 3.23. The van der Waals surface area contributed by atoms with Gasteiger partial charge in [-0.25, -0.2) is 0 Å². The molecule has 0 unspecified atom stereocenters. The SMILES string of the molecule is C=C(C[C@@]1(CO)CO[C@@](CBr)(c2cccc3ccccc23)C1)c1cccc2ccccc12. The minimum absolute atomic E-state index is 0.0658. The van der Waals surface area contributed by atoms with Gasteiger partial charge in [-0.1, -0.05) is 107 Å². The number of hydrogen-bond donors (Lipinski definition) is 1. The summed E-state index contributed by atoms with van der Waals surface area (Å²) in [5.74, 6) is 0. The van der Waals surface area contributed by atoms with Gasteiger partial charge >= 0.3 is 0 Å². The highest BCUT2D eigenvalue weighted by molar-refractivity contribution is 9.09.